The first-order valence-electron chi connectivity index (χ1n) is 12.2. The molecule has 0 aliphatic carbocycles. The van der Waals surface area contributed by atoms with E-state index in [0.29, 0.717) is 48.0 Å². The summed E-state index contributed by atoms with van der Waals surface area (Å²) in [5, 5.41) is 11.4. The number of hydrogen-bond donors (Lipinski definition) is 1. The van der Waals surface area contributed by atoms with E-state index in [1.165, 1.54) is 17.6 Å². The Morgan fingerprint density at radius 3 is 2.53 bits per heavy atom. The van der Waals surface area contributed by atoms with E-state index in [1.54, 1.807) is 23.2 Å². The van der Waals surface area contributed by atoms with Crippen molar-refractivity contribution in [3.63, 3.8) is 0 Å². The Kier molecular flexibility index (Phi) is 7.17. The van der Waals surface area contributed by atoms with E-state index >= 15 is 0 Å². The van der Waals surface area contributed by atoms with Gasteiger partial charge in [-0.25, -0.2) is 9.97 Å². The number of rotatable bonds is 9. The average Bonchev–Trinajstić information content (AvgIpc) is 3.70. The number of nitrogens with zero attached hydrogens (tertiary/aromatic N) is 5. The molecule has 0 radical (unpaired) electrons. The molecule has 2 N–H and O–H groups in total. The molecule has 194 valence electrons. The highest BCUT2D eigenvalue weighted by Gasteiger charge is 2.29. The molecule has 1 atom stereocenters. The third kappa shape index (κ3) is 5.56. The Morgan fingerprint density at radius 2 is 1.87 bits per heavy atom. The first-order valence-corrected chi connectivity index (χ1v) is 13.1. The zero-order valence-electron chi connectivity index (χ0n) is 21.4. The minimum absolute atomic E-state index is 0.150. The van der Waals surface area contributed by atoms with Crippen molar-refractivity contribution in [2.45, 2.75) is 39.3 Å². The number of oxazole rings is 1. The average molecular weight is 529 g/mol. The van der Waals surface area contributed by atoms with Gasteiger partial charge in [-0.15, -0.1) is 21.5 Å². The quantitative estimate of drug-likeness (QED) is 0.276. The molecule has 10 heteroatoms. The van der Waals surface area contributed by atoms with Crippen LogP contribution in [0.5, 0.6) is 0 Å². The van der Waals surface area contributed by atoms with Crippen LogP contribution in [-0.4, -0.2) is 37.5 Å². The largest absolute Gasteiger partial charge is 0.445 e. The SMILES string of the molecule is CCN(Cc1nc(C)cs1)C(=O)c1cc(-c2ncco2)cc(-c2nnc([C@](C)(N)Cc3ccccc3)o2)c1. The molecule has 3 heterocycles. The molecule has 0 spiro atoms. The van der Waals surface area contributed by atoms with Crippen molar-refractivity contribution in [2.75, 3.05) is 6.54 Å². The van der Waals surface area contributed by atoms with Crippen LogP contribution in [0.2, 0.25) is 0 Å². The summed E-state index contributed by atoms with van der Waals surface area (Å²) in [6.45, 7) is 6.67. The zero-order valence-corrected chi connectivity index (χ0v) is 22.2. The number of aromatic nitrogens is 4. The lowest BCUT2D eigenvalue weighted by Gasteiger charge is -2.20. The van der Waals surface area contributed by atoms with Gasteiger partial charge in [0.15, 0.2) is 0 Å². The summed E-state index contributed by atoms with van der Waals surface area (Å²) >= 11 is 1.54. The van der Waals surface area contributed by atoms with Crippen LogP contribution < -0.4 is 5.73 Å². The van der Waals surface area contributed by atoms with E-state index < -0.39 is 5.54 Å². The number of thiazole rings is 1. The maximum absolute atomic E-state index is 13.6. The van der Waals surface area contributed by atoms with Crippen molar-refractivity contribution in [1.82, 2.24) is 25.1 Å². The van der Waals surface area contributed by atoms with Crippen LogP contribution in [0.25, 0.3) is 22.9 Å². The van der Waals surface area contributed by atoms with Gasteiger partial charge in [0.05, 0.1) is 18.3 Å². The van der Waals surface area contributed by atoms with E-state index in [4.69, 9.17) is 14.6 Å². The Hall–Kier alpha value is -4.15. The normalized spacial score (nSPS) is 12.8. The van der Waals surface area contributed by atoms with E-state index in [0.717, 1.165) is 16.3 Å². The van der Waals surface area contributed by atoms with Crippen molar-refractivity contribution < 1.29 is 13.6 Å². The van der Waals surface area contributed by atoms with Crippen LogP contribution in [0, 0.1) is 6.92 Å². The zero-order chi connectivity index (χ0) is 26.7. The van der Waals surface area contributed by atoms with Gasteiger partial charge >= 0.3 is 0 Å². The molecule has 0 aliphatic rings. The second kappa shape index (κ2) is 10.7. The highest BCUT2D eigenvalue weighted by atomic mass is 32.1. The predicted molar refractivity (Wildman–Crippen MR) is 144 cm³/mol. The molecule has 1 amide bonds. The number of carbonyl (C=O) groups is 1. The molecule has 9 nitrogen and oxygen atoms in total. The fraction of sp³-hybridized carbons (Fsp3) is 0.250. The van der Waals surface area contributed by atoms with E-state index in [9.17, 15) is 4.79 Å². The van der Waals surface area contributed by atoms with Gasteiger partial charge in [-0.3, -0.25) is 4.79 Å². The van der Waals surface area contributed by atoms with E-state index in [-0.39, 0.29) is 11.8 Å². The number of nitrogens with two attached hydrogens (primary N) is 1. The Morgan fingerprint density at radius 1 is 1.11 bits per heavy atom. The summed E-state index contributed by atoms with van der Waals surface area (Å²) in [4.78, 5) is 24.1. The Balaban J connectivity index is 1.48. The second-order valence-electron chi connectivity index (χ2n) is 9.33. The molecule has 2 aromatic carbocycles. The number of benzene rings is 2. The van der Waals surface area contributed by atoms with Gasteiger partial charge < -0.3 is 19.5 Å². The Labute approximate surface area is 224 Å². The molecule has 0 bridgehead atoms. The highest BCUT2D eigenvalue weighted by molar-refractivity contribution is 7.09. The lowest BCUT2D eigenvalue weighted by molar-refractivity contribution is 0.0752. The first-order chi connectivity index (χ1) is 18.3. The lowest BCUT2D eigenvalue weighted by atomic mass is 9.94. The molecule has 3 aromatic heterocycles. The summed E-state index contributed by atoms with van der Waals surface area (Å²) in [5.41, 5.74) is 9.35. The van der Waals surface area contributed by atoms with Gasteiger partial charge in [-0.1, -0.05) is 30.3 Å². The van der Waals surface area contributed by atoms with Crippen molar-refractivity contribution in [2.24, 2.45) is 5.73 Å². The Bertz CT molecular complexity index is 1530. The molecule has 0 saturated carbocycles. The maximum atomic E-state index is 13.6. The topological polar surface area (TPSA) is 124 Å². The molecular weight excluding hydrogens is 500 g/mol. The predicted octanol–water partition coefficient (Wildman–Crippen LogP) is 5.24. The summed E-state index contributed by atoms with van der Waals surface area (Å²) in [6, 6.07) is 15.2. The molecular formula is C28H28N6O3S. The number of hydrogen-bond acceptors (Lipinski definition) is 9. The fourth-order valence-electron chi connectivity index (χ4n) is 4.18. The van der Waals surface area contributed by atoms with Crippen LogP contribution in [0.3, 0.4) is 0 Å². The second-order valence-corrected chi connectivity index (χ2v) is 10.3. The fourth-order valence-corrected chi connectivity index (χ4v) is 4.96. The first kappa shape index (κ1) is 25.5. The number of aryl methyl sites for hydroxylation is 1. The molecule has 5 aromatic rings. The summed E-state index contributed by atoms with van der Waals surface area (Å²) < 4.78 is 11.6. The molecule has 0 unspecified atom stereocenters. The molecule has 38 heavy (non-hydrogen) atoms. The van der Waals surface area contributed by atoms with Crippen molar-refractivity contribution >= 4 is 17.2 Å². The van der Waals surface area contributed by atoms with Gasteiger partial charge in [0, 0.05) is 34.3 Å². The van der Waals surface area contributed by atoms with Crippen molar-refractivity contribution in [3.05, 3.63) is 94.1 Å². The monoisotopic (exact) mass is 528 g/mol. The molecule has 0 fully saturated rings. The summed E-state index contributed by atoms with van der Waals surface area (Å²) in [5.74, 6) is 0.792. The van der Waals surface area contributed by atoms with Crippen LogP contribution in [0.4, 0.5) is 0 Å². The van der Waals surface area contributed by atoms with Crippen molar-refractivity contribution in [3.8, 4) is 22.9 Å². The minimum Gasteiger partial charge on any atom is -0.445 e. The molecule has 0 aliphatic heterocycles. The summed E-state index contributed by atoms with van der Waals surface area (Å²) in [7, 11) is 0. The van der Waals surface area contributed by atoms with Gasteiger partial charge in [-0.2, -0.15) is 0 Å². The summed E-state index contributed by atoms with van der Waals surface area (Å²) in [6.07, 6.45) is 3.57. The number of carbonyl (C=O) groups excluding carboxylic acids is 1. The third-order valence-corrected chi connectivity index (χ3v) is 7.05. The standard InChI is InChI=1S/C28H28N6O3S/c1-4-34(16-23-31-18(2)17-38-23)26(35)22-13-20(24-30-10-11-36-24)12-21(14-22)25-32-33-27(37-25)28(3,29)15-19-8-6-5-7-9-19/h5-14,17H,4,15-16,29H2,1-3H3/t28-/m1/s1. The van der Waals surface area contributed by atoms with Crippen LogP contribution in [0.1, 0.15) is 46.4 Å². The van der Waals surface area contributed by atoms with Crippen LogP contribution in [0.15, 0.2) is 75.2 Å². The highest BCUT2D eigenvalue weighted by Crippen LogP contribution is 2.30. The maximum Gasteiger partial charge on any atom is 0.254 e. The van der Waals surface area contributed by atoms with Crippen LogP contribution in [-0.2, 0) is 18.5 Å². The van der Waals surface area contributed by atoms with Gasteiger partial charge in [-0.05, 0) is 51.0 Å². The van der Waals surface area contributed by atoms with Gasteiger partial charge in [0.25, 0.3) is 5.91 Å². The van der Waals surface area contributed by atoms with Crippen molar-refractivity contribution in [1.29, 1.82) is 0 Å². The molecule has 0 saturated heterocycles. The lowest BCUT2D eigenvalue weighted by Crippen LogP contribution is -2.35. The third-order valence-electron chi connectivity index (χ3n) is 6.10. The van der Waals surface area contributed by atoms with E-state index in [2.05, 4.69) is 20.2 Å². The van der Waals surface area contributed by atoms with E-state index in [1.807, 2.05) is 62.5 Å². The smallest absolute Gasteiger partial charge is 0.254 e. The minimum atomic E-state index is -0.879. The molecule has 5 rings (SSSR count). The van der Waals surface area contributed by atoms with Gasteiger partial charge in [0.2, 0.25) is 17.7 Å². The van der Waals surface area contributed by atoms with Gasteiger partial charge in [0.1, 0.15) is 11.3 Å². The van der Waals surface area contributed by atoms with Crippen LogP contribution >= 0.6 is 11.3 Å². The number of amides is 1.